The van der Waals surface area contributed by atoms with Crippen molar-refractivity contribution in [2.45, 2.75) is 13.8 Å². The van der Waals surface area contributed by atoms with Crippen molar-refractivity contribution in [3.63, 3.8) is 0 Å². The Morgan fingerprint density at radius 2 is 2.06 bits per heavy atom. The Kier molecular flexibility index (Phi) is 3.01. The van der Waals surface area contributed by atoms with Crippen LogP contribution < -0.4 is 15.8 Å². The largest absolute Gasteiger partial charge is 0.496 e. The van der Waals surface area contributed by atoms with Crippen LogP contribution in [0.1, 0.15) is 11.3 Å². The van der Waals surface area contributed by atoms with E-state index in [2.05, 4.69) is 15.3 Å². The standard InChI is InChI=1S/C12H15N5O/c1-6-4-9-8(5-10(6)18-3)7(2)15-12(16-9)17-11(13)14/h4-5H,1-3H3,(H4,13,14,15,16,17). The molecule has 1 heterocycles. The normalized spacial score (nSPS) is 10.4. The minimum Gasteiger partial charge on any atom is -0.496 e. The van der Waals surface area contributed by atoms with Gasteiger partial charge in [-0.1, -0.05) is 0 Å². The molecular weight excluding hydrogens is 230 g/mol. The number of nitrogens with one attached hydrogen (secondary N) is 2. The van der Waals surface area contributed by atoms with E-state index in [1.807, 2.05) is 26.0 Å². The highest BCUT2D eigenvalue weighted by molar-refractivity contribution is 5.90. The summed E-state index contributed by atoms with van der Waals surface area (Å²) in [6.45, 7) is 3.83. The van der Waals surface area contributed by atoms with Gasteiger partial charge in [-0.3, -0.25) is 10.7 Å². The number of anilines is 1. The van der Waals surface area contributed by atoms with E-state index < -0.39 is 0 Å². The minimum atomic E-state index is -0.181. The molecule has 0 unspecified atom stereocenters. The lowest BCUT2D eigenvalue weighted by molar-refractivity contribution is 0.412. The highest BCUT2D eigenvalue weighted by Gasteiger charge is 2.08. The van der Waals surface area contributed by atoms with Crippen LogP contribution in [0.25, 0.3) is 10.9 Å². The van der Waals surface area contributed by atoms with Gasteiger partial charge >= 0.3 is 0 Å². The first kappa shape index (κ1) is 12.1. The molecular formula is C12H15N5O. The molecule has 0 atom stereocenters. The minimum absolute atomic E-state index is 0.181. The number of hydrogen-bond acceptors (Lipinski definition) is 4. The fraction of sp³-hybridized carbons (Fsp3) is 0.250. The molecule has 0 amide bonds. The van der Waals surface area contributed by atoms with E-state index in [1.54, 1.807) is 7.11 Å². The molecule has 0 aliphatic rings. The lowest BCUT2D eigenvalue weighted by Crippen LogP contribution is -2.22. The number of rotatable bonds is 2. The molecule has 0 aliphatic carbocycles. The second-order valence-electron chi connectivity index (χ2n) is 4.01. The average Bonchev–Trinajstić information content (AvgIpc) is 2.27. The van der Waals surface area contributed by atoms with Crippen molar-refractivity contribution in [2.24, 2.45) is 5.73 Å². The number of aromatic nitrogens is 2. The summed E-state index contributed by atoms with van der Waals surface area (Å²) in [5.74, 6) is 0.956. The maximum Gasteiger partial charge on any atom is 0.230 e. The SMILES string of the molecule is COc1cc2c(C)nc(NC(=N)N)nc2cc1C. The molecule has 18 heavy (non-hydrogen) atoms. The van der Waals surface area contributed by atoms with Crippen molar-refractivity contribution >= 4 is 22.8 Å². The average molecular weight is 245 g/mol. The molecule has 0 saturated heterocycles. The Balaban J connectivity index is 2.62. The van der Waals surface area contributed by atoms with Crippen LogP contribution in [0.4, 0.5) is 5.95 Å². The molecule has 2 rings (SSSR count). The fourth-order valence-corrected chi connectivity index (χ4v) is 1.81. The fourth-order valence-electron chi connectivity index (χ4n) is 1.81. The lowest BCUT2D eigenvalue weighted by atomic mass is 10.1. The molecule has 4 N–H and O–H groups in total. The number of nitrogens with two attached hydrogens (primary N) is 1. The van der Waals surface area contributed by atoms with Gasteiger partial charge in [0.1, 0.15) is 5.75 Å². The molecule has 0 saturated carbocycles. The molecule has 0 fully saturated rings. The summed E-state index contributed by atoms with van der Waals surface area (Å²) in [6, 6.07) is 3.84. The Morgan fingerprint density at radius 3 is 2.67 bits per heavy atom. The van der Waals surface area contributed by atoms with Crippen LogP contribution in [0.3, 0.4) is 0 Å². The van der Waals surface area contributed by atoms with Gasteiger partial charge < -0.3 is 10.5 Å². The summed E-state index contributed by atoms with van der Waals surface area (Å²) in [5, 5.41) is 10.7. The zero-order valence-corrected chi connectivity index (χ0v) is 10.5. The van der Waals surface area contributed by atoms with Crippen LogP contribution in [0, 0.1) is 19.3 Å². The van der Waals surface area contributed by atoms with Crippen LogP contribution in [0.5, 0.6) is 5.75 Å². The summed E-state index contributed by atoms with van der Waals surface area (Å²) in [4.78, 5) is 8.56. The van der Waals surface area contributed by atoms with Crippen molar-refractivity contribution in [1.29, 1.82) is 5.41 Å². The Labute approximate surface area is 105 Å². The van der Waals surface area contributed by atoms with Crippen molar-refractivity contribution in [3.8, 4) is 5.75 Å². The number of guanidine groups is 1. The molecule has 0 spiro atoms. The topological polar surface area (TPSA) is 96.9 Å². The third-order valence-corrected chi connectivity index (χ3v) is 2.65. The van der Waals surface area contributed by atoms with Crippen LogP contribution in [-0.2, 0) is 0 Å². The van der Waals surface area contributed by atoms with Gasteiger partial charge in [0.25, 0.3) is 0 Å². The Hall–Kier alpha value is -2.37. The molecule has 94 valence electrons. The first-order valence-corrected chi connectivity index (χ1v) is 5.45. The van der Waals surface area contributed by atoms with Gasteiger partial charge in [-0.15, -0.1) is 0 Å². The summed E-state index contributed by atoms with van der Waals surface area (Å²) < 4.78 is 5.28. The number of benzene rings is 1. The second kappa shape index (κ2) is 4.48. The highest BCUT2D eigenvalue weighted by Crippen LogP contribution is 2.26. The Bertz CT molecular complexity index is 623. The second-order valence-corrected chi connectivity index (χ2v) is 4.01. The van der Waals surface area contributed by atoms with E-state index in [-0.39, 0.29) is 5.96 Å². The Morgan fingerprint density at radius 1 is 1.33 bits per heavy atom. The maximum atomic E-state index is 7.18. The number of nitrogens with zero attached hydrogens (tertiary/aromatic N) is 2. The lowest BCUT2D eigenvalue weighted by Gasteiger charge is -2.10. The molecule has 1 aromatic heterocycles. The van der Waals surface area contributed by atoms with Crippen molar-refractivity contribution in [2.75, 3.05) is 12.4 Å². The van der Waals surface area contributed by atoms with Crippen molar-refractivity contribution in [1.82, 2.24) is 9.97 Å². The maximum absolute atomic E-state index is 7.18. The van der Waals surface area contributed by atoms with E-state index in [9.17, 15) is 0 Å². The van der Waals surface area contributed by atoms with Gasteiger partial charge in [-0.05, 0) is 31.5 Å². The van der Waals surface area contributed by atoms with Gasteiger partial charge in [0.05, 0.1) is 18.3 Å². The molecule has 2 aromatic rings. The van der Waals surface area contributed by atoms with Crippen molar-refractivity contribution in [3.05, 3.63) is 23.4 Å². The first-order valence-electron chi connectivity index (χ1n) is 5.45. The predicted octanol–water partition coefficient (Wildman–Crippen LogP) is 1.56. The van der Waals surface area contributed by atoms with Gasteiger partial charge in [0.2, 0.25) is 5.95 Å². The smallest absolute Gasteiger partial charge is 0.230 e. The number of methoxy groups -OCH3 is 1. The number of hydrogen-bond donors (Lipinski definition) is 3. The van der Waals surface area contributed by atoms with E-state index in [1.165, 1.54) is 0 Å². The zero-order valence-electron chi connectivity index (χ0n) is 10.5. The van der Waals surface area contributed by atoms with E-state index in [0.29, 0.717) is 5.95 Å². The molecule has 0 aliphatic heterocycles. The molecule has 1 aromatic carbocycles. The van der Waals surface area contributed by atoms with E-state index in [0.717, 1.165) is 27.9 Å². The third-order valence-electron chi connectivity index (χ3n) is 2.65. The number of ether oxygens (including phenoxy) is 1. The van der Waals surface area contributed by atoms with E-state index >= 15 is 0 Å². The summed E-state index contributed by atoms with van der Waals surface area (Å²) >= 11 is 0. The molecule has 6 nitrogen and oxygen atoms in total. The summed E-state index contributed by atoms with van der Waals surface area (Å²) in [7, 11) is 1.63. The highest BCUT2D eigenvalue weighted by atomic mass is 16.5. The summed E-state index contributed by atoms with van der Waals surface area (Å²) in [5.41, 5.74) is 7.87. The number of aryl methyl sites for hydroxylation is 2. The van der Waals surface area contributed by atoms with Crippen LogP contribution >= 0.6 is 0 Å². The van der Waals surface area contributed by atoms with Gasteiger partial charge in [-0.25, -0.2) is 9.97 Å². The van der Waals surface area contributed by atoms with Gasteiger partial charge in [-0.2, -0.15) is 0 Å². The first-order chi connectivity index (χ1) is 8.51. The monoisotopic (exact) mass is 245 g/mol. The van der Waals surface area contributed by atoms with Gasteiger partial charge in [0.15, 0.2) is 5.96 Å². The van der Waals surface area contributed by atoms with Crippen LogP contribution in [0.2, 0.25) is 0 Å². The quantitative estimate of drug-likeness (QED) is 0.551. The van der Waals surface area contributed by atoms with E-state index in [4.69, 9.17) is 15.9 Å². The van der Waals surface area contributed by atoms with Crippen LogP contribution in [0.15, 0.2) is 12.1 Å². The number of fused-ring (bicyclic) bond motifs is 1. The van der Waals surface area contributed by atoms with Crippen LogP contribution in [-0.4, -0.2) is 23.0 Å². The molecule has 0 bridgehead atoms. The third kappa shape index (κ3) is 2.17. The predicted molar refractivity (Wildman–Crippen MR) is 71.1 cm³/mol. The van der Waals surface area contributed by atoms with Gasteiger partial charge in [0, 0.05) is 5.39 Å². The molecule has 0 radical (unpaired) electrons. The van der Waals surface area contributed by atoms with Crippen molar-refractivity contribution < 1.29 is 4.74 Å². The molecule has 6 heteroatoms. The zero-order chi connectivity index (χ0) is 13.3. The summed E-state index contributed by atoms with van der Waals surface area (Å²) in [6.07, 6.45) is 0.